The van der Waals surface area contributed by atoms with Gasteiger partial charge in [-0.25, -0.2) is 0 Å². The zero-order valence-corrected chi connectivity index (χ0v) is 11.9. The molecule has 106 valence electrons. The predicted octanol–water partition coefficient (Wildman–Crippen LogP) is 3.77. The minimum absolute atomic E-state index is 0.237. The number of H-pyrrole nitrogens is 1. The Kier molecular flexibility index (Phi) is 3.36. The zero-order valence-electron chi connectivity index (χ0n) is 11.9. The summed E-state index contributed by atoms with van der Waals surface area (Å²) in [6, 6.07) is 15.1. The normalized spacial score (nSPS) is 10.6. The summed E-state index contributed by atoms with van der Waals surface area (Å²) in [6.45, 7) is 1.99. The van der Waals surface area contributed by atoms with Crippen LogP contribution in [0.5, 0.6) is 11.5 Å². The average molecular weight is 280 g/mol. The van der Waals surface area contributed by atoms with Crippen molar-refractivity contribution in [1.29, 1.82) is 0 Å². The van der Waals surface area contributed by atoms with Crippen molar-refractivity contribution >= 4 is 0 Å². The molecule has 3 aromatic rings. The number of aromatic nitrogens is 2. The van der Waals surface area contributed by atoms with Crippen molar-refractivity contribution in [3.8, 4) is 34.0 Å². The second-order valence-electron chi connectivity index (χ2n) is 4.92. The molecular weight excluding hydrogens is 264 g/mol. The van der Waals surface area contributed by atoms with Crippen molar-refractivity contribution in [2.45, 2.75) is 6.92 Å². The highest BCUT2D eigenvalue weighted by molar-refractivity contribution is 5.72. The van der Waals surface area contributed by atoms with Crippen LogP contribution in [-0.2, 0) is 0 Å². The van der Waals surface area contributed by atoms with Gasteiger partial charge in [-0.15, -0.1) is 0 Å². The van der Waals surface area contributed by atoms with E-state index in [-0.39, 0.29) is 5.75 Å². The Bertz CT molecular complexity index is 778. The van der Waals surface area contributed by atoms with Gasteiger partial charge in [0, 0.05) is 11.1 Å². The Morgan fingerprint density at radius 2 is 1.95 bits per heavy atom. The smallest absolute Gasteiger partial charge is 0.124 e. The van der Waals surface area contributed by atoms with Crippen molar-refractivity contribution in [2.24, 2.45) is 0 Å². The van der Waals surface area contributed by atoms with E-state index in [9.17, 15) is 5.11 Å². The van der Waals surface area contributed by atoms with E-state index >= 15 is 0 Å². The summed E-state index contributed by atoms with van der Waals surface area (Å²) < 4.78 is 5.22. The van der Waals surface area contributed by atoms with Gasteiger partial charge in [0.15, 0.2) is 0 Å². The number of phenolic OH excluding ortho intramolecular Hbond substituents is 1. The first-order chi connectivity index (χ1) is 10.2. The quantitative estimate of drug-likeness (QED) is 0.768. The summed E-state index contributed by atoms with van der Waals surface area (Å²) in [4.78, 5) is 0. The molecule has 0 aliphatic rings. The van der Waals surface area contributed by atoms with Crippen LogP contribution in [0, 0.1) is 6.92 Å². The van der Waals surface area contributed by atoms with E-state index < -0.39 is 0 Å². The molecule has 0 aliphatic carbocycles. The van der Waals surface area contributed by atoms with Crippen LogP contribution in [-0.4, -0.2) is 22.4 Å². The lowest BCUT2D eigenvalue weighted by Gasteiger charge is -2.03. The SMILES string of the molecule is COc1cccc(-c2cc(-c3cc(C)ccc3O)[nH]n2)c1. The molecule has 2 N–H and O–H groups in total. The maximum atomic E-state index is 9.98. The van der Waals surface area contributed by atoms with E-state index in [1.807, 2.05) is 49.4 Å². The highest BCUT2D eigenvalue weighted by Crippen LogP contribution is 2.31. The van der Waals surface area contributed by atoms with Gasteiger partial charge >= 0.3 is 0 Å². The molecule has 0 bridgehead atoms. The number of aromatic amines is 1. The zero-order chi connectivity index (χ0) is 14.8. The first-order valence-electron chi connectivity index (χ1n) is 6.67. The summed E-state index contributed by atoms with van der Waals surface area (Å²) in [5.41, 5.74) is 4.39. The monoisotopic (exact) mass is 280 g/mol. The molecule has 0 fully saturated rings. The van der Waals surface area contributed by atoms with Crippen LogP contribution in [0.25, 0.3) is 22.5 Å². The Hall–Kier alpha value is -2.75. The van der Waals surface area contributed by atoms with E-state index in [2.05, 4.69) is 10.2 Å². The van der Waals surface area contributed by atoms with E-state index in [0.717, 1.165) is 33.8 Å². The number of ether oxygens (including phenoxy) is 1. The topological polar surface area (TPSA) is 58.1 Å². The Morgan fingerprint density at radius 1 is 1.10 bits per heavy atom. The lowest BCUT2D eigenvalue weighted by molar-refractivity contribution is 0.415. The van der Waals surface area contributed by atoms with E-state index in [4.69, 9.17) is 4.74 Å². The third-order valence-corrected chi connectivity index (χ3v) is 3.39. The minimum atomic E-state index is 0.237. The lowest BCUT2D eigenvalue weighted by atomic mass is 10.1. The number of phenols is 1. The Morgan fingerprint density at radius 3 is 2.76 bits per heavy atom. The number of aryl methyl sites for hydroxylation is 1. The molecule has 0 saturated heterocycles. The lowest BCUT2D eigenvalue weighted by Crippen LogP contribution is -1.83. The highest BCUT2D eigenvalue weighted by atomic mass is 16.5. The van der Waals surface area contributed by atoms with Gasteiger partial charge in [0.25, 0.3) is 0 Å². The second kappa shape index (κ2) is 5.32. The summed E-state index contributed by atoms with van der Waals surface area (Å²) in [5, 5.41) is 17.3. The number of nitrogens with one attached hydrogen (secondary N) is 1. The molecule has 2 aromatic carbocycles. The maximum absolute atomic E-state index is 9.98. The van der Waals surface area contributed by atoms with Crippen molar-refractivity contribution in [3.05, 3.63) is 54.1 Å². The number of nitrogens with zero attached hydrogens (tertiary/aromatic N) is 1. The van der Waals surface area contributed by atoms with E-state index in [0.29, 0.717) is 0 Å². The van der Waals surface area contributed by atoms with Crippen LogP contribution in [0.2, 0.25) is 0 Å². The second-order valence-corrected chi connectivity index (χ2v) is 4.92. The van der Waals surface area contributed by atoms with Crippen LogP contribution in [0.15, 0.2) is 48.5 Å². The largest absolute Gasteiger partial charge is 0.507 e. The van der Waals surface area contributed by atoms with Crippen molar-refractivity contribution in [1.82, 2.24) is 10.2 Å². The van der Waals surface area contributed by atoms with Gasteiger partial charge < -0.3 is 9.84 Å². The van der Waals surface area contributed by atoms with Crippen molar-refractivity contribution < 1.29 is 9.84 Å². The number of hydrogen-bond acceptors (Lipinski definition) is 3. The molecule has 4 heteroatoms. The molecule has 0 amide bonds. The predicted molar refractivity (Wildman–Crippen MR) is 82.4 cm³/mol. The molecule has 0 unspecified atom stereocenters. The number of benzene rings is 2. The molecule has 0 spiro atoms. The molecule has 4 nitrogen and oxygen atoms in total. The van der Waals surface area contributed by atoms with Crippen molar-refractivity contribution in [3.63, 3.8) is 0 Å². The summed E-state index contributed by atoms with van der Waals surface area (Å²) in [7, 11) is 1.64. The fourth-order valence-electron chi connectivity index (χ4n) is 2.26. The minimum Gasteiger partial charge on any atom is -0.507 e. The first-order valence-corrected chi connectivity index (χ1v) is 6.67. The van der Waals surface area contributed by atoms with Crippen LogP contribution in [0.4, 0.5) is 0 Å². The maximum Gasteiger partial charge on any atom is 0.124 e. The third kappa shape index (κ3) is 2.60. The third-order valence-electron chi connectivity index (χ3n) is 3.39. The number of methoxy groups -OCH3 is 1. The molecular formula is C17H16N2O2. The molecule has 0 atom stereocenters. The Labute approximate surface area is 123 Å². The van der Waals surface area contributed by atoms with Crippen LogP contribution < -0.4 is 4.74 Å². The molecule has 1 heterocycles. The highest BCUT2D eigenvalue weighted by Gasteiger charge is 2.10. The van der Waals surface area contributed by atoms with E-state index in [1.54, 1.807) is 13.2 Å². The molecule has 3 rings (SSSR count). The van der Waals surface area contributed by atoms with Gasteiger partial charge in [-0.1, -0.05) is 23.8 Å². The van der Waals surface area contributed by atoms with Gasteiger partial charge in [0.2, 0.25) is 0 Å². The van der Waals surface area contributed by atoms with Gasteiger partial charge in [0.05, 0.1) is 18.5 Å². The summed E-state index contributed by atoms with van der Waals surface area (Å²) in [6.07, 6.45) is 0. The fourth-order valence-corrected chi connectivity index (χ4v) is 2.26. The summed E-state index contributed by atoms with van der Waals surface area (Å²) >= 11 is 0. The fraction of sp³-hybridized carbons (Fsp3) is 0.118. The molecule has 1 aromatic heterocycles. The van der Waals surface area contributed by atoms with Gasteiger partial charge in [0.1, 0.15) is 11.5 Å². The molecule has 21 heavy (non-hydrogen) atoms. The number of rotatable bonds is 3. The van der Waals surface area contributed by atoms with Crippen molar-refractivity contribution in [2.75, 3.05) is 7.11 Å². The van der Waals surface area contributed by atoms with Crippen LogP contribution in [0.1, 0.15) is 5.56 Å². The van der Waals surface area contributed by atoms with Gasteiger partial charge in [-0.2, -0.15) is 5.10 Å². The van der Waals surface area contributed by atoms with Crippen LogP contribution in [0.3, 0.4) is 0 Å². The van der Waals surface area contributed by atoms with Gasteiger partial charge in [-0.05, 0) is 37.3 Å². The van der Waals surface area contributed by atoms with Gasteiger partial charge in [-0.3, -0.25) is 5.10 Å². The summed E-state index contributed by atoms with van der Waals surface area (Å²) in [5.74, 6) is 1.02. The van der Waals surface area contributed by atoms with Crippen LogP contribution >= 0.6 is 0 Å². The molecule has 0 aliphatic heterocycles. The number of hydrogen-bond donors (Lipinski definition) is 2. The Balaban J connectivity index is 2.01. The average Bonchev–Trinajstić information content (AvgIpc) is 2.99. The standard InChI is InChI=1S/C17H16N2O2/c1-11-6-7-17(20)14(8-11)16-10-15(18-19-16)12-4-3-5-13(9-12)21-2/h3-10,20H,1-2H3,(H,18,19). The molecule has 0 radical (unpaired) electrons. The first kappa shape index (κ1) is 13.2. The van der Waals surface area contributed by atoms with E-state index in [1.165, 1.54) is 0 Å². The molecule has 0 saturated carbocycles. The number of aromatic hydroxyl groups is 1.